The van der Waals surface area contributed by atoms with Gasteiger partial charge in [-0.2, -0.15) is 0 Å². The van der Waals surface area contributed by atoms with Crippen LogP contribution in [0.5, 0.6) is 0 Å². The molecule has 0 aliphatic rings. The fraction of sp³-hybridized carbons (Fsp3) is 0.300. The molecule has 1 unspecified atom stereocenters. The van der Waals surface area contributed by atoms with Crippen molar-refractivity contribution in [3.8, 4) is 0 Å². The molecule has 0 amide bonds. The van der Waals surface area contributed by atoms with Gasteiger partial charge in [-0.1, -0.05) is 13.3 Å². The summed E-state index contributed by atoms with van der Waals surface area (Å²) < 4.78 is 2.06. The average Bonchev–Trinajstić information content (AvgIpc) is 2.87. The Balaban J connectivity index is 2.25. The summed E-state index contributed by atoms with van der Waals surface area (Å²) in [5, 5.41) is 0. The summed E-state index contributed by atoms with van der Waals surface area (Å²) in [5.41, 5.74) is 1.03. The van der Waals surface area contributed by atoms with Gasteiger partial charge in [-0.05, 0) is 6.42 Å². The molecule has 14 heavy (non-hydrogen) atoms. The lowest BCUT2D eigenvalue weighted by Gasteiger charge is -2.14. The second-order valence-electron chi connectivity index (χ2n) is 3.16. The number of hydrogen-bond acceptors (Lipinski definition) is 2. The minimum absolute atomic E-state index is 0.251. The molecule has 0 aromatic carbocycles. The largest absolute Gasteiger partial charge is 0.351 e. The summed E-state index contributed by atoms with van der Waals surface area (Å²) in [6.07, 6.45) is 11.0. The van der Waals surface area contributed by atoms with Crippen LogP contribution >= 0.6 is 0 Å². The van der Waals surface area contributed by atoms with E-state index in [0.29, 0.717) is 0 Å². The monoisotopic (exact) mass is 189 g/mol. The number of aromatic amines is 1. The first-order chi connectivity index (χ1) is 6.92. The average molecular weight is 189 g/mol. The highest BCUT2D eigenvalue weighted by Gasteiger charge is 2.13. The zero-order valence-electron chi connectivity index (χ0n) is 7.93. The van der Waals surface area contributed by atoms with Crippen molar-refractivity contribution in [1.82, 2.24) is 19.5 Å². The molecule has 2 aromatic heterocycles. The van der Waals surface area contributed by atoms with E-state index in [4.69, 9.17) is 0 Å². The topological polar surface area (TPSA) is 46.5 Å². The molecule has 4 heteroatoms. The van der Waals surface area contributed by atoms with Crippen LogP contribution in [0.15, 0.2) is 31.2 Å². The maximum Gasteiger partial charge on any atom is 0.0952 e. The molecule has 4 nitrogen and oxygen atoms in total. The van der Waals surface area contributed by atoms with Crippen molar-refractivity contribution in [2.75, 3.05) is 0 Å². The molecule has 73 valence electrons. The maximum absolute atomic E-state index is 4.26. The summed E-state index contributed by atoms with van der Waals surface area (Å²) in [6, 6.07) is 0.251. The fourth-order valence-corrected chi connectivity index (χ4v) is 1.55. The Bertz CT molecular complexity index is 315. The zero-order valence-corrected chi connectivity index (χ0v) is 7.93. The highest BCUT2D eigenvalue weighted by molar-refractivity contribution is 5.05. The van der Waals surface area contributed by atoms with Crippen LogP contribution in [0.4, 0.5) is 0 Å². The fourth-order valence-electron chi connectivity index (χ4n) is 1.55. The summed E-state index contributed by atoms with van der Waals surface area (Å²) in [4.78, 5) is 11.3. The van der Waals surface area contributed by atoms with Gasteiger partial charge >= 0.3 is 0 Å². The second-order valence-corrected chi connectivity index (χ2v) is 3.16. The number of rotatable bonds is 4. The standard InChI is InChI=1S/C10H13N4/c1-2-3-10(9-6-12-7-13-9)14-5-4-11-8-14/h4-8,10H,1-3H2,(H,12,13). The number of nitrogens with zero attached hydrogens (tertiary/aromatic N) is 3. The SMILES string of the molecule is [CH2]CCC(c1c[nH]cn1)n1ccnc1. The quantitative estimate of drug-likeness (QED) is 0.797. The number of nitrogens with one attached hydrogen (secondary N) is 1. The van der Waals surface area contributed by atoms with Gasteiger partial charge in [0, 0.05) is 18.6 Å². The number of hydrogen-bond donors (Lipinski definition) is 1. The molecule has 0 bridgehead atoms. The van der Waals surface area contributed by atoms with E-state index in [1.54, 1.807) is 12.5 Å². The van der Waals surface area contributed by atoms with Gasteiger partial charge < -0.3 is 9.55 Å². The molecule has 0 saturated carbocycles. The lowest BCUT2D eigenvalue weighted by molar-refractivity contribution is 0.533. The summed E-state index contributed by atoms with van der Waals surface area (Å²) in [5.74, 6) is 0. The predicted molar refractivity (Wildman–Crippen MR) is 53.5 cm³/mol. The van der Waals surface area contributed by atoms with Crippen molar-refractivity contribution in [2.45, 2.75) is 18.9 Å². The third-order valence-corrected chi connectivity index (χ3v) is 2.22. The normalized spacial score (nSPS) is 12.9. The minimum Gasteiger partial charge on any atom is -0.351 e. The van der Waals surface area contributed by atoms with Crippen LogP contribution in [-0.4, -0.2) is 19.5 Å². The van der Waals surface area contributed by atoms with Crippen LogP contribution in [0.2, 0.25) is 0 Å². The highest BCUT2D eigenvalue weighted by atomic mass is 15.1. The van der Waals surface area contributed by atoms with Gasteiger partial charge in [0.25, 0.3) is 0 Å². The summed E-state index contributed by atoms with van der Waals surface area (Å²) in [6.45, 7) is 3.87. The first-order valence-corrected chi connectivity index (χ1v) is 4.67. The van der Waals surface area contributed by atoms with E-state index in [2.05, 4.69) is 26.4 Å². The first kappa shape index (κ1) is 8.99. The van der Waals surface area contributed by atoms with Crippen molar-refractivity contribution in [2.24, 2.45) is 0 Å². The van der Waals surface area contributed by atoms with E-state index >= 15 is 0 Å². The Hall–Kier alpha value is -1.58. The summed E-state index contributed by atoms with van der Waals surface area (Å²) in [7, 11) is 0. The van der Waals surface area contributed by atoms with E-state index < -0.39 is 0 Å². The van der Waals surface area contributed by atoms with Crippen LogP contribution in [0.25, 0.3) is 0 Å². The van der Waals surface area contributed by atoms with E-state index in [1.165, 1.54) is 0 Å². The van der Waals surface area contributed by atoms with Gasteiger partial charge in [0.05, 0.1) is 24.4 Å². The molecule has 2 rings (SSSR count). The van der Waals surface area contributed by atoms with E-state index in [0.717, 1.165) is 18.5 Å². The van der Waals surface area contributed by atoms with Crippen LogP contribution < -0.4 is 0 Å². The van der Waals surface area contributed by atoms with Gasteiger partial charge in [0.2, 0.25) is 0 Å². The molecule has 0 aliphatic heterocycles. The molecule has 0 fully saturated rings. The van der Waals surface area contributed by atoms with Crippen molar-refractivity contribution < 1.29 is 0 Å². The maximum atomic E-state index is 4.26. The van der Waals surface area contributed by atoms with Gasteiger partial charge in [-0.25, -0.2) is 9.97 Å². The highest BCUT2D eigenvalue weighted by Crippen LogP contribution is 2.20. The van der Waals surface area contributed by atoms with Gasteiger partial charge in [-0.15, -0.1) is 0 Å². The smallest absolute Gasteiger partial charge is 0.0952 e. The number of aromatic nitrogens is 4. The Morgan fingerprint density at radius 3 is 3.07 bits per heavy atom. The first-order valence-electron chi connectivity index (χ1n) is 4.67. The molecule has 0 spiro atoms. The Labute approximate surface area is 83.0 Å². The number of imidazole rings is 2. The minimum atomic E-state index is 0.251. The van der Waals surface area contributed by atoms with E-state index in [9.17, 15) is 0 Å². The third-order valence-electron chi connectivity index (χ3n) is 2.22. The van der Waals surface area contributed by atoms with Crippen molar-refractivity contribution in [3.63, 3.8) is 0 Å². The molecule has 1 radical (unpaired) electrons. The molecule has 1 atom stereocenters. The second kappa shape index (κ2) is 4.09. The lowest BCUT2D eigenvalue weighted by Crippen LogP contribution is -2.08. The third kappa shape index (κ3) is 1.69. The van der Waals surface area contributed by atoms with Crippen molar-refractivity contribution in [1.29, 1.82) is 0 Å². The van der Waals surface area contributed by atoms with E-state index in [-0.39, 0.29) is 6.04 Å². The molecule has 1 N–H and O–H groups in total. The number of H-pyrrole nitrogens is 1. The lowest BCUT2D eigenvalue weighted by atomic mass is 10.1. The Morgan fingerprint density at radius 2 is 2.50 bits per heavy atom. The van der Waals surface area contributed by atoms with Crippen LogP contribution in [-0.2, 0) is 0 Å². The van der Waals surface area contributed by atoms with Crippen LogP contribution in [0, 0.1) is 6.92 Å². The molecule has 2 aromatic rings. The van der Waals surface area contributed by atoms with Crippen LogP contribution in [0.3, 0.4) is 0 Å². The molecule has 2 heterocycles. The molecule has 0 aliphatic carbocycles. The van der Waals surface area contributed by atoms with Gasteiger partial charge in [0.1, 0.15) is 0 Å². The predicted octanol–water partition coefficient (Wildman–Crippen LogP) is 1.81. The van der Waals surface area contributed by atoms with Crippen molar-refractivity contribution in [3.05, 3.63) is 43.9 Å². The molecular formula is C10H13N4. The molecular weight excluding hydrogens is 176 g/mol. The van der Waals surface area contributed by atoms with Crippen molar-refractivity contribution >= 4 is 0 Å². The van der Waals surface area contributed by atoms with Crippen LogP contribution in [0.1, 0.15) is 24.6 Å². The molecule has 0 saturated heterocycles. The van der Waals surface area contributed by atoms with E-state index in [1.807, 2.05) is 18.7 Å². The van der Waals surface area contributed by atoms with Gasteiger partial charge in [0.15, 0.2) is 0 Å². The Morgan fingerprint density at radius 1 is 1.57 bits per heavy atom. The summed E-state index contributed by atoms with van der Waals surface area (Å²) >= 11 is 0. The zero-order chi connectivity index (χ0) is 9.80. The van der Waals surface area contributed by atoms with Gasteiger partial charge in [-0.3, -0.25) is 0 Å². The Kier molecular flexibility index (Phi) is 2.62.